The van der Waals surface area contributed by atoms with Crippen molar-refractivity contribution in [2.45, 2.75) is 6.92 Å². The molecule has 126 valence electrons. The minimum absolute atomic E-state index is 0.102. The van der Waals surface area contributed by atoms with Crippen molar-refractivity contribution in [1.29, 1.82) is 5.26 Å². The van der Waals surface area contributed by atoms with Crippen molar-refractivity contribution < 1.29 is 14.0 Å². The summed E-state index contributed by atoms with van der Waals surface area (Å²) in [6, 6.07) is 13.6. The Morgan fingerprint density at radius 3 is 2.40 bits per heavy atom. The summed E-state index contributed by atoms with van der Waals surface area (Å²) in [7, 11) is 0. The highest BCUT2D eigenvalue weighted by Crippen LogP contribution is 2.19. The standard InChI is InChI=1S/C18H15FN4O2/c1-12(24)23(15-8-6-14(21)7-9-15)18(25)13(10-20)11-22-17-5-3-2-4-16(17)19/h2-9,11,22H,21H2,1H3/b13-11-. The smallest absolute Gasteiger partial charge is 0.277 e. The van der Waals surface area contributed by atoms with Gasteiger partial charge in [-0.05, 0) is 36.4 Å². The van der Waals surface area contributed by atoms with Gasteiger partial charge in [0.2, 0.25) is 5.91 Å². The number of nitrogens with zero attached hydrogens (tertiary/aromatic N) is 2. The molecule has 3 N–H and O–H groups in total. The molecule has 0 saturated carbocycles. The van der Waals surface area contributed by atoms with Crippen LogP contribution in [0.1, 0.15) is 6.92 Å². The van der Waals surface area contributed by atoms with Crippen LogP contribution in [0.15, 0.2) is 60.3 Å². The van der Waals surface area contributed by atoms with Gasteiger partial charge in [-0.15, -0.1) is 0 Å². The zero-order valence-electron chi connectivity index (χ0n) is 13.4. The van der Waals surface area contributed by atoms with Gasteiger partial charge in [-0.25, -0.2) is 9.29 Å². The van der Waals surface area contributed by atoms with Crippen LogP contribution < -0.4 is 16.0 Å². The van der Waals surface area contributed by atoms with E-state index in [-0.39, 0.29) is 16.9 Å². The Hall–Kier alpha value is -3.66. The lowest BCUT2D eigenvalue weighted by atomic mass is 10.2. The van der Waals surface area contributed by atoms with E-state index < -0.39 is 17.6 Å². The summed E-state index contributed by atoms with van der Waals surface area (Å²) in [5.41, 5.74) is 6.09. The van der Waals surface area contributed by atoms with Gasteiger partial charge in [0, 0.05) is 18.8 Å². The van der Waals surface area contributed by atoms with E-state index in [9.17, 15) is 19.2 Å². The Bertz CT molecular complexity index is 869. The highest BCUT2D eigenvalue weighted by molar-refractivity contribution is 6.21. The van der Waals surface area contributed by atoms with Gasteiger partial charge in [-0.1, -0.05) is 12.1 Å². The van der Waals surface area contributed by atoms with E-state index in [1.54, 1.807) is 12.1 Å². The zero-order valence-corrected chi connectivity index (χ0v) is 13.4. The number of hydrogen-bond donors (Lipinski definition) is 2. The third-order valence-electron chi connectivity index (χ3n) is 3.27. The SMILES string of the molecule is CC(=O)N(C(=O)/C(C#N)=C\Nc1ccccc1F)c1ccc(N)cc1. The van der Waals surface area contributed by atoms with Crippen molar-refractivity contribution in [2.75, 3.05) is 16.0 Å². The van der Waals surface area contributed by atoms with Gasteiger partial charge in [0.05, 0.1) is 11.4 Å². The Morgan fingerprint density at radius 2 is 1.84 bits per heavy atom. The lowest BCUT2D eigenvalue weighted by molar-refractivity contribution is -0.123. The van der Waals surface area contributed by atoms with Crippen LogP contribution in [-0.4, -0.2) is 11.8 Å². The number of nitrogens with two attached hydrogens (primary N) is 1. The van der Waals surface area contributed by atoms with Gasteiger partial charge < -0.3 is 11.1 Å². The molecule has 0 heterocycles. The fraction of sp³-hybridized carbons (Fsp3) is 0.0556. The number of hydrogen-bond acceptors (Lipinski definition) is 5. The van der Waals surface area contributed by atoms with Crippen molar-refractivity contribution in [3.05, 3.63) is 66.1 Å². The van der Waals surface area contributed by atoms with Gasteiger partial charge in [-0.2, -0.15) is 5.26 Å². The minimum Gasteiger partial charge on any atom is -0.399 e. The molecule has 0 unspecified atom stereocenters. The molecule has 2 aromatic rings. The van der Waals surface area contributed by atoms with Crippen LogP contribution in [0, 0.1) is 17.1 Å². The third kappa shape index (κ3) is 4.20. The van der Waals surface area contributed by atoms with Gasteiger partial charge in [0.15, 0.2) is 0 Å². The molecule has 0 fully saturated rings. The molecular weight excluding hydrogens is 323 g/mol. The number of benzene rings is 2. The number of carbonyl (C=O) groups excluding carboxylic acids is 2. The zero-order chi connectivity index (χ0) is 18.4. The second kappa shape index (κ2) is 7.75. The number of anilines is 3. The number of amides is 2. The second-order valence-electron chi connectivity index (χ2n) is 5.05. The Labute approximate surface area is 144 Å². The number of imide groups is 1. The molecule has 2 amide bonds. The Morgan fingerprint density at radius 1 is 1.20 bits per heavy atom. The Kier molecular flexibility index (Phi) is 5.48. The van der Waals surface area contributed by atoms with E-state index in [4.69, 9.17) is 5.73 Å². The maximum absolute atomic E-state index is 13.6. The molecule has 0 spiro atoms. The van der Waals surface area contributed by atoms with Gasteiger partial charge in [0.1, 0.15) is 17.5 Å². The molecule has 0 saturated heterocycles. The summed E-state index contributed by atoms with van der Waals surface area (Å²) in [5, 5.41) is 11.8. The van der Waals surface area contributed by atoms with E-state index in [1.165, 1.54) is 49.4 Å². The van der Waals surface area contributed by atoms with Crippen LogP contribution in [0.4, 0.5) is 21.5 Å². The fourth-order valence-electron chi connectivity index (χ4n) is 2.06. The van der Waals surface area contributed by atoms with Gasteiger partial charge in [-0.3, -0.25) is 9.59 Å². The van der Waals surface area contributed by atoms with E-state index in [1.807, 2.05) is 0 Å². The largest absolute Gasteiger partial charge is 0.399 e. The number of nitriles is 1. The average Bonchev–Trinajstić information content (AvgIpc) is 2.58. The number of nitrogen functional groups attached to an aromatic ring is 1. The molecule has 2 aromatic carbocycles. The predicted molar refractivity (Wildman–Crippen MR) is 92.7 cm³/mol. The van der Waals surface area contributed by atoms with Crippen LogP contribution >= 0.6 is 0 Å². The molecule has 2 rings (SSSR count). The van der Waals surface area contributed by atoms with Crippen molar-refractivity contribution in [2.24, 2.45) is 0 Å². The molecule has 0 aliphatic rings. The molecule has 7 heteroatoms. The molecule has 6 nitrogen and oxygen atoms in total. The number of nitrogens with one attached hydrogen (secondary N) is 1. The summed E-state index contributed by atoms with van der Waals surface area (Å²) < 4.78 is 13.6. The van der Waals surface area contributed by atoms with Crippen molar-refractivity contribution in [3.8, 4) is 6.07 Å². The van der Waals surface area contributed by atoms with Crippen LogP contribution in [-0.2, 0) is 9.59 Å². The number of carbonyl (C=O) groups is 2. The Balaban J connectivity index is 2.31. The monoisotopic (exact) mass is 338 g/mol. The summed E-state index contributed by atoms with van der Waals surface area (Å²) in [6.07, 6.45) is 1.06. The predicted octanol–water partition coefficient (Wildman–Crippen LogP) is 2.81. The number of halogens is 1. The number of para-hydroxylation sites is 1. The molecular formula is C18H15FN4O2. The van der Waals surface area contributed by atoms with Crippen LogP contribution in [0.5, 0.6) is 0 Å². The van der Waals surface area contributed by atoms with E-state index in [2.05, 4.69) is 5.32 Å². The topological polar surface area (TPSA) is 99.2 Å². The first-order chi connectivity index (χ1) is 11.9. The first kappa shape index (κ1) is 17.7. The maximum Gasteiger partial charge on any atom is 0.277 e. The maximum atomic E-state index is 13.6. The lowest BCUT2D eigenvalue weighted by Crippen LogP contribution is -2.36. The highest BCUT2D eigenvalue weighted by atomic mass is 19.1. The summed E-state index contributed by atoms with van der Waals surface area (Å²) in [5.74, 6) is -1.93. The highest BCUT2D eigenvalue weighted by Gasteiger charge is 2.24. The average molecular weight is 338 g/mol. The van der Waals surface area contributed by atoms with Crippen molar-refractivity contribution in [3.63, 3.8) is 0 Å². The van der Waals surface area contributed by atoms with Crippen molar-refractivity contribution in [1.82, 2.24) is 0 Å². The van der Waals surface area contributed by atoms with Crippen LogP contribution in [0.25, 0.3) is 0 Å². The minimum atomic E-state index is -0.830. The van der Waals surface area contributed by atoms with Crippen LogP contribution in [0.2, 0.25) is 0 Å². The first-order valence-corrected chi connectivity index (χ1v) is 7.26. The first-order valence-electron chi connectivity index (χ1n) is 7.26. The summed E-state index contributed by atoms with van der Waals surface area (Å²) in [6.45, 7) is 1.20. The third-order valence-corrected chi connectivity index (χ3v) is 3.27. The van der Waals surface area contributed by atoms with Gasteiger partial charge in [0.25, 0.3) is 5.91 Å². The van der Waals surface area contributed by atoms with E-state index >= 15 is 0 Å². The van der Waals surface area contributed by atoms with Gasteiger partial charge >= 0.3 is 0 Å². The molecule has 0 aromatic heterocycles. The fourth-order valence-corrected chi connectivity index (χ4v) is 2.06. The quantitative estimate of drug-likeness (QED) is 0.507. The van der Waals surface area contributed by atoms with Crippen LogP contribution in [0.3, 0.4) is 0 Å². The number of rotatable bonds is 4. The lowest BCUT2D eigenvalue weighted by Gasteiger charge is -2.19. The van der Waals surface area contributed by atoms with E-state index in [0.717, 1.165) is 11.1 Å². The normalized spacial score (nSPS) is 10.7. The molecule has 0 atom stereocenters. The van der Waals surface area contributed by atoms with Crippen molar-refractivity contribution >= 4 is 28.9 Å². The molecule has 0 bridgehead atoms. The summed E-state index contributed by atoms with van der Waals surface area (Å²) in [4.78, 5) is 25.3. The molecule has 0 aliphatic carbocycles. The second-order valence-corrected chi connectivity index (χ2v) is 5.05. The molecule has 0 radical (unpaired) electrons. The van der Waals surface area contributed by atoms with E-state index in [0.29, 0.717) is 5.69 Å². The molecule has 0 aliphatic heterocycles. The molecule has 25 heavy (non-hydrogen) atoms. The summed E-state index contributed by atoms with van der Waals surface area (Å²) >= 11 is 0.